The fraction of sp³-hybridized carbons (Fsp3) is 0.579. The molecule has 1 aromatic rings. The van der Waals surface area contributed by atoms with Crippen molar-refractivity contribution >= 4 is 27.8 Å². The van der Waals surface area contributed by atoms with Gasteiger partial charge >= 0.3 is 5.97 Å². The van der Waals surface area contributed by atoms with E-state index in [-0.39, 0.29) is 18.3 Å². The molecule has 0 spiro atoms. The Kier molecular flexibility index (Phi) is 7.02. The van der Waals surface area contributed by atoms with Crippen LogP contribution >= 0.6 is 15.9 Å². The molecule has 1 aliphatic rings. The van der Waals surface area contributed by atoms with Gasteiger partial charge in [-0.15, -0.1) is 0 Å². The maximum absolute atomic E-state index is 12.6. The highest BCUT2D eigenvalue weighted by atomic mass is 79.9. The zero-order valence-corrected chi connectivity index (χ0v) is 16.6. The van der Waals surface area contributed by atoms with Crippen LogP contribution in [0.25, 0.3) is 0 Å². The first-order valence-electron chi connectivity index (χ1n) is 8.53. The zero-order valence-electron chi connectivity index (χ0n) is 15.1. The largest absolute Gasteiger partial charge is 0.467 e. The predicted octanol–water partition coefficient (Wildman–Crippen LogP) is 3.16. The van der Waals surface area contributed by atoms with Gasteiger partial charge in [0.05, 0.1) is 13.5 Å². The highest BCUT2D eigenvalue weighted by Crippen LogP contribution is 2.33. The average molecular weight is 412 g/mol. The van der Waals surface area contributed by atoms with Crippen molar-refractivity contribution in [3.8, 4) is 0 Å². The molecule has 25 heavy (non-hydrogen) atoms. The summed E-state index contributed by atoms with van der Waals surface area (Å²) in [6, 6.07) is 5.86. The van der Waals surface area contributed by atoms with Gasteiger partial charge < -0.3 is 14.8 Å². The van der Waals surface area contributed by atoms with Gasteiger partial charge in [-0.05, 0) is 61.8 Å². The third-order valence-corrected chi connectivity index (χ3v) is 5.47. The van der Waals surface area contributed by atoms with Gasteiger partial charge in [-0.1, -0.05) is 22.0 Å². The number of nitrogens with one attached hydrogen (secondary N) is 1. The van der Waals surface area contributed by atoms with E-state index < -0.39 is 5.54 Å². The van der Waals surface area contributed by atoms with Gasteiger partial charge in [0.2, 0.25) is 5.91 Å². The fourth-order valence-corrected chi connectivity index (χ4v) is 3.87. The number of hydrogen-bond donors (Lipinski definition) is 1. The Hall–Kier alpha value is -1.40. The van der Waals surface area contributed by atoms with E-state index in [2.05, 4.69) is 21.2 Å². The van der Waals surface area contributed by atoms with E-state index >= 15 is 0 Å². The smallest absolute Gasteiger partial charge is 0.331 e. The Morgan fingerprint density at radius 1 is 1.28 bits per heavy atom. The Morgan fingerprint density at radius 2 is 1.96 bits per heavy atom. The topological polar surface area (TPSA) is 64.6 Å². The van der Waals surface area contributed by atoms with Crippen LogP contribution in [-0.2, 0) is 25.5 Å². The van der Waals surface area contributed by atoms with Crippen molar-refractivity contribution in [2.24, 2.45) is 5.92 Å². The minimum atomic E-state index is -0.921. The highest BCUT2D eigenvalue weighted by molar-refractivity contribution is 9.10. The van der Waals surface area contributed by atoms with Crippen molar-refractivity contribution < 1.29 is 19.1 Å². The lowest BCUT2D eigenvalue weighted by molar-refractivity contribution is -0.153. The first-order valence-corrected chi connectivity index (χ1v) is 9.33. The Bertz CT molecular complexity index is 624. The predicted molar refractivity (Wildman–Crippen MR) is 99.3 cm³/mol. The molecule has 1 aromatic carbocycles. The van der Waals surface area contributed by atoms with Crippen LogP contribution in [-0.4, -0.2) is 38.2 Å². The monoisotopic (exact) mass is 411 g/mol. The number of aryl methyl sites for hydroxylation is 1. The molecule has 2 rings (SSSR count). The van der Waals surface area contributed by atoms with E-state index in [4.69, 9.17) is 9.47 Å². The van der Waals surface area contributed by atoms with E-state index in [0.29, 0.717) is 25.4 Å². The quantitative estimate of drug-likeness (QED) is 0.730. The van der Waals surface area contributed by atoms with Gasteiger partial charge in [0.15, 0.2) is 0 Å². The SMILES string of the molecule is COCC1CCC(NC(=O)Cc2cc(Br)ccc2C)(C(=O)OC)CC1. The van der Waals surface area contributed by atoms with Crippen molar-refractivity contribution in [3.63, 3.8) is 0 Å². The van der Waals surface area contributed by atoms with Crippen molar-refractivity contribution in [1.29, 1.82) is 0 Å². The molecular formula is C19H26BrNO4. The van der Waals surface area contributed by atoms with Crippen LogP contribution in [0, 0.1) is 12.8 Å². The average Bonchev–Trinajstić information content (AvgIpc) is 2.59. The van der Waals surface area contributed by atoms with E-state index in [9.17, 15) is 9.59 Å². The van der Waals surface area contributed by atoms with Crippen LogP contribution in [0.1, 0.15) is 36.8 Å². The van der Waals surface area contributed by atoms with Gasteiger partial charge in [-0.2, -0.15) is 0 Å². The maximum Gasteiger partial charge on any atom is 0.331 e. The van der Waals surface area contributed by atoms with Crippen LogP contribution in [0.2, 0.25) is 0 Å². The Balaban J connectivity index is 2.08. The Morgan fingerprint density at radius 3 is 2.56 bits per heavy atom. The van der Waals surface area contributed by atoms with E-state index in [1.807, 2.05) is 25.1 Å². The zero-order chi connectivity index (χ0) is 18.4. The van der Waals surface area contributed by atoms with Crippen molar-refractivity contribution in [1.82, 2.24) is 5.32 Å². The van der Waals surface area contributed by atoms with E-state index in [1.54, 1.807) is 7.11 Å². The summed E-state index contributed by atoms with van der Waals surface area (Å²) in [5.74, 6) is -0.0912. The second-order valence-electron chi connectivity index (χ2n) is 6.77. The lowest BCUT2D eigenvalue weighted by atomic mass is 9.76. The molecule has 0 saturated heterocycles. The number of carbonyl (C=O) groups excluding carboxylic acids is 2. The molecule has 0 atom stereocenters. The molecule has 5 nitrogen and oxygen atoms in total. The minimum absolute atomic E-state index is 0.156. The van der Waals surface area contributed by atoms with Gasteiger partial charge in [0.1, 0.15) is 5.54 Å². The molecule has 1 N–H and O–H groups in total. The summed E-state index contributed by atoms with van der Waals surface area (Å²) in [6.07, 6.45) is 3.07. The van der Waals surface area contributed by atoms with Gasteiger partial charge in [0.25, 0.3) is 0 Å². The summed E-state index contributed by atoms with van der Waals surface area (Å²) in [6.45, 7) is 2.66. The van der Waals surface area contributed by atoms with E-state index in [0.717, 1.165) is 28.4 Å². The van der Waals surface area contributed by atoms with Gasteiger partial charge in [-0.3, -0.25) is 4.79 Å². The second-order valence-corrected chi connectivity index (χ2v) is 7.68. The molecule has 6 heteroatoms. The van der Waals surface area contributed by atoms with E-state index in [1.165, 1.54) is 7.11 Å². The normalized spacial score (nSPS) is 23.1. The molecule has 1 amide bonds. The summed E-state index contributed by atoms with van der Waals surface area (Å²) in [4.78, 5) is 25.0. The van der Waals surface area contributed by atoms with Crippen LogP contribution in [0.3, 0.4) is 0 Å². The molecule has 0 unspecified atom stereocenters. The van der Waals surface area contributed by atoms with Gasteiger partial charge in [0, 0.05) is 18.2 Å². The maximum atomic E-state index is 12.6. The standard InChI is InChI=1S/C19H26BrNO4/c1-13-4-5-16(20)10-15(13)11-17(22)21-19(18(23)25-3)8-6-14(7-9-19)12-24-2/h4-5,10,14H,6-9,11-12H2,1-3H3,(H,21,22). The lowest BCUT2D eigenvalue weighted by Crippen LogP contribution is -2.57. The number of halogens is 1. The van der Waals surface area contributed by atoms with Gasteiger partial charge in [-0.25, -0.2) is 4.79 Å². The summed E-state index contributed by atoms with van der Waals surface area (Å²) in [5, 5.41) is 2.97. The first kappa shape index (κ1) is 19.9. The van der Waals surface area contributed by atoms with Crippen LogP contribution < -0.4 is 5.32 Å². The van der Waals surface area contributed by atoms with Crippen LogP contribution in [0.15, 0.2) is 22.7 Å². The molecule has 0 radical (unpaired) electrons. The molecule has 0 aromatic heterocycles. The fourth-order valence-electron chi connectivity index (χ4n) is 3.46. The van der Waals surface area contributed by atoms with Crippen LogP contribution in [0.5, 0.6) is 0 Å². The number of hydrogen-bond acceptors (Lipinski definition) is 4. The molecule has 0 aliphatic heterocycles. The molecule has 0 bridgehead atoms. The minimum Gasteiger partial charge on any atom is -0.467 e. The highest BCUT2D eigenvalue weighted by Gasteiger charge is 2.44. The second kappa shape index (κ2) is 8.81. The summed E-state index contributed by atoms with van der Waals surface area (Å²) in [5.41, 5.74) is 1.07. The van der Waals surface area contributed by atoms with Crippen LogP contribution in [0.4, 0.5) is 0 Å². The number of carbonyl (C=O) groups is 2. The third kappa shape index (κ3) is 5.05. The first-order chi connectivity index (χ1) is 11.9. The number of benzene rings is 1. The molecule has 1 aliphatic carbocycles. The summed E-state index contributed by atoms with van der Waals surface area (Å²) in [7, 11) is 3.06. The lowest BCUT2D eigenvalue weighted by Gasteiger charge is -2.38. The number of ether oxygens (including phenoxy) is 2. The van der Waals surface area contributed by atoms with Crippen molar-refractivity contribution in [2.75, 3.05) is 20.8 Å². The molecule has 1 fully saturated rings. The number of esters is 1. The summed E-state index contributed by atoms with van der Waals surface area (Å²) >= 11 is 3.43. The molecular weight excluding hydrogens is 386 g/mol. The van der Waals surface area contributed by atoms with Crippen molar-refractivity contribution in [2.45, 2.75) is 44.6 Å². The molecule has 138 valence electrons. The molecule has 0 heterocycles. The van der Waals surface area contributed by atoms with Crippen molar-refractivity contribution in [3.05, 3.63) is 33.8 Å². The summed E-state index contributed by atoms with van der Waals surface area (Å²) < 4.78 is 11.1. The molecule has 1 saturated carbocycles. The number of rotatable bonds is 6. The number of amides is 1. The Labute approximate surface area is 157 Å². The third-order valence-electron chi connectivity index (χ3n) is 4.98. The number of methoxy groups -OCH3 is 2.